The minimum Gasteiger partial charge on any atom is -0.457 e. The molecule has 2 aromatic heterocycles. The van der Waals surface area contributed by atoms with Crippen LogP contribution < -0.4 is 21.5 Å². The molecular weight excluding hydrogens is 478 g/mol. The van der Waals surface area contributed by atoms with Crippen LogP contribution >= 0.6 is 9.24 Å². The van der Waals surface area contributed by atoms with Crippen LogP contribution in [0.3, 0.4) is 0 Å². The number of nitrogens with zero attached hydrogens (tertiary/aromatic N) is 4. The summed E-state index contributed by atoms with van der Waals surface area (Å²) < 4.78 is 21.3. The zero-order valence-electron chi connectivity index (χ0n) is 19.7. The Balaban J connectivity index is 0.000000556. The number of carbonyl (C=O) groups excluding carboxylic acids is 1. The summed E-state index contributed by atoms with van der Waals surface area (Å²) in [4.78, 5) is 18.2. The Morgan fingerprint density at radius 2 is 1.86 bits per heavy atom. The van der Waals surface area contributed by atoms with Crippen LogP contribution in [0.4, 0.5) is 10.2 Å². The van der Waals surface area contributed by atoms with Gasteiger partial charge in [0, 0.05) is 11.6 Å². The second-order valence-electron chi connectivity index (χ2n) is 8.46. The van der Waals surface area contributed by atoms with E-state index in [-0.39, 0.29) is 5.82 Å². The van der Waals surface area contributed by atoms with E-state index in [2.05, 4.69) is 31.5 Å². The van der Waals surface area contributed by atoms with Gasteiger partial charge in [-0.3, -0.25) is 4.79 Å². The summed E-state index contributed by atoms with van der Waals surface area (Å²) in [6.07, 6.45) is 8.40. The number of halogens is 1. The third kappa shape index (κ3) is 5.69. The summed E-state index contributed by atoms with van der Waals surface area (Å²) in [5, 5.41) is 6.63. The fourth-order valence-electron chi connectivity index (χ4n) is 4.25. The maximum absolute atomic E-state index is 13.5. The first kappa shape index (κ1) is 25.3. The number of hydrogen-bond donors (Lipinski definition) is 2. The molecule has 0 bridgehead atoms. The number of anilines is 1. The van der Waals surface area contributed by atoms with Crippen LogP contribution in [0.5, 0.6) is 11.5 Å². The molecule has 4 N–H and O–H groups in total. The fraction of sp³-hybridized carbons (Fsp3) is 0.231. The normalized spacial score (nSPS) is 13.6. The van der Waals surface area contributed by atoms with Gasteiger partial charge in [0.2, 0.25) is 5.91 Å². The van der Waals surface area contributed by atoms with Gasteiger partial charge in [0.1, 0.15) is 35.2 Å². The van der Waals surface area contributed by atoms with E-state index in [0.29, 0.717) is 23.4 Å². The van der Waals surface area contributed by atoms with Crippen LogP contribution in [0.2, 0.25) is 0 Å². The molecule has 0 radical (unpaired) electrons. The van der Waals surface area contributed by atoms with E-state index in [9.17, 15) is 9.18 Å². The topological polar surface area (TPSA) is 122 Å². The van der Waals surface area contributed by atoms with Crippen molar-refractivity contribution in [2.75, 3.05) is 5.73 Å². The van der Waals surface area contributed by atoms with Crippen molar-refractivity contribution < 1.29 is 13.9 Å². The van der Waals surface area contributed by atoms with E-state index in [1.54, 1.807) is 12.1 Å². The molecular formula is C26H28FN6O2P. The van der Waals surface area contributed by atoms with Gasteiger partial charge >= 0.3 is 0 Å². The molecule has 0 aliphatic heterocycles. The third-order valence-corrected chi connectivity index (χ3v) is 6.43. The van der Waals surface area contributed by atoms with Crippen molar-refractivity contribution in [1.82, 2.24) is 19.7 Å². The molecule has 4 aromatic rings. The van der Waals surface area contributed by atoms with E-state index >= 15 is 0 Å². The molecule has 5 rings (SSSR count). The Morgan fingerprint density at radius 1 is 1.14 bits per heavy atom. The Morgan fingerprint density at radius 3 is 2.53 bits per heavy atom. The summed E-state index contributed by atoms with van der Waals surface area (Å²) in [7, 11) is 2.73. The molecule has 2 heterocycles. The first-order valence-corrected chi connectivity index (χ1v) is 12.2. The first-order chi connectivity index (χ1) is 17.4. The number of aromatic nitrogens is 4. The second-order valence-corrected chi connectivity index (χ2v) is 9.08. The Labute approximate surface area is 210 Å². The van der Waals surface area contributed by atoms with Gasteiger partial charge in [-0.05, 0) is 54.6 Å². The monoisotopic (exact) mass is 506 g/mol. The Bertz CT molecular complexity index is 1400. The molecule has 8 nitrogen and oxygen atoms in total. The number of ether oxygens (including phenoxy) is 1. The lowest BCUT2D eigenvalue weighted by atomic mass is 9.96. The Hall–Kier alpha value is -3.84. The maximum Gasteiger partial charge on any atom is 0.240 e. The lowest BCUT2D eigenvalue weighted by molar-refractivity contribution is -0.113. The highest BCUT2D eigenvalue weighted by molar-refractivity contribution is 7.28. The van der Waals surface area contributed by atoms with Crippen molar-refractivity contribution >= 4 is 37.3 Å². The van der Waals surface area contributed by atoms with Crippen molar-refractivity contribution in [2.24, 2.45) is 5.73 Å². The van der Waals surface area contributed by atoms with Crippen LogP contribution in [0.15, 0.2) is 61.4 Å². The minimum absolute atomic E-state index is 0.322. The molecule has 1 atom stereocenters. The number of benzene rings is 2. The lowest BCUT2D eigenvalue weighted by Crippen LogP contribution is -2.14. The molecule has 36 heavy (non-hydrogen) atoms. The molecule has 1 amide bonds. The van der Waals surface area contributed by atoms with E-state index in [1.165, 1.54) is 37.7 Å². The van der Waals surface area contributed by atoms with E-state index in [4.69, 9.17) is 15.6 Å². The highest BCUT2D eigenvalue weighted by atomic mass is 31.0. The number of nitrogen functional groups attached to an aromatic ring is 1. The van der Waals surface area contributed by atoms with Crippen molar-refractivity contribution in [1.29, 1.82) is 0 Å². The Kier molecular flexibility index (Phi) is 7.90. The van der Waals surface area contributed by atoms with Crippen LogP contribution in [-0.2, 0) is 4.79 Å². The zero-order valence-corrected chi connectivity index (χ0v) is 20.9. The number of rotatable bonds is 5. The van der Waals surface area contributed by atoms with Gasteiger partial charge in [-0.1, -0.05) is 31.9 Å². The SMILES string of the molecule is C=CC(N)=O.Nc1ncnc2c1c(-c1ccc(Oc3cccc(F)c3)cc1P)nn2C1CCCCC1. The fourth-order valence-corrected chi connectivity index (χ4v) is 4.65. The van der Waals surface area contributed by atoms with Gasteiger partial charge in [0.25, 0.3) is 0 Å². The average molecular weight is 507 g/mol. The van der Waals surface area contributed by atoms with Crippen LogP contribution in [0.25, 0.3) is 22.3 Å². The molecule has 1 saturated carbocycles. The molecule has 2 aromatic carbocycles. The van der Waals surface area contributed by atoms with Crippen LogP contribution in [0.1, 0.15) is 38.1 Å². The molecule has 0 spiro atoms. The van der Waals surface area contributed by atoms with Gasteiger partial charge in [-0.25, -0.2) is 19.0 Å². The number of fused-ring (bicyclic) bond motifs is 1. The van der Waals surface area contributed by atoms with Crippen molar-refractivity contribution in [3.8, 4) is 22.8 Å². The second kappa shape index (κ2) is 11.3. The summed E-state index contributed by atoms with van der Waals surface area (Å²) in [6.45, 7) is 3.09. The van der Waals surface area contributed by atoms with E-state index in [0.717, 1.165) is 46.5 Å². The predicted octanol–water partition coefficient (Wildman–Crippen LogP) is 4.67. The molecule has 1 fully saturated rings. The summed E-state index contributed by atoms with van der Waals surface area (Å²) >= 11 is 0. The van der Waals surface area contributed by atoms with Crippen molar-refractivity contribution in [2.45, 2.75) is 38.1 Å². The van der Waals surface area contributed by atoms with Crippen LogP contribution in [-0.4, -0.2) is 25.7 Å². The molecule has 1 aliphatic rings. The number of nitrogens with two attached hydrogens (primary N) is 2. The predicted molar refractivity (Wildman–Crippen MR) is 143 cm³/mol. The molecule has 1 unspecified atom stereocenters. The summed E-state index contributed by atoms with van der Waals surface area (Å²) in [5.41, 5.74) is 13.3. The lowest BCUT2D eigenvalue weighted by Gasteiger charge is -2.22. The minimum atomic E-state index is -0.481. The largest absolute Gasteiger partial charge is 0.457 e. The van der Waals surface area contributed by atoms with E-state index < -0.39 is 5.91 Å². The number of primary amides is 1. The van der Waals surface area contributed by atoms with Crippen LogP contribution in [0, 0.1) is 5.82 Å². The maximum atomic E-state index is 13.5. The quantitative estimate of drug-likeness (QED) is 0.300. The molecule has 186 valence electrons. The van der Waals surface area contributed by atoms with E-state index in [1.807, 2.05) is 22.9 Å². The van der Waals surface area contributed by atoms with Gasteiger partial charge in [-0.15, -0.1) is 9.24 Å². The molecule has 0 saturated heterocycles. The average Bonchev–Trinajstić information content (AvgIpc) is 3.26. The smallest absolute Gasteiger partial charge is 0.240 e. The highest BCUT2D eigenvalue weighted by Crippen LogP contribution is 2.36. The highest BCUT2D eigenvalue weighted by Gasteiger charge is 2.24. The van der Waals surface area contributed by atoms with Crippen molar-refractivity contribution in [3.63, 3.8) is 0 Å². The van der Waals surface area contributed by atoms with Gasteiger partial charge in [0.05, 0.1) is 11.4 Å². The summed E-state index contributed by atoms with van der Waals surface area (Å²) in [5.74, 6) is 0.661. The summed E-state index contributed by atoms with van der Waals surface area (Å²) in [6, 6.07) is 12.1. The number of carbonyl (C=O) groups is 1. The molecule has 10 heteroatoms. The first-order valence-electron chi connectivity index (χ1n) is 11.6. The number of amides is 1. The standard InChI is InChI=1S/C23H23FN5OP.C3H5NO/c24-14-5-4-8-16(11-14)30-17-9-10-18(19(31)12-17)21-20-22(25)26-13-27-23(20)29(28-21)15-6-2-1-3-7-15;1-2-3(4)5/h4-5,8-13,15H,1-3,6-7,31H2,(H2,25,26,27);2H,1H2,(H2,4,5). The van der Waals surface area contributed by atoms with Gasteiger partial charge in [-0.2, -0.15) is 5.10 Å². The third-order valence-electron chi connectivity index (χ3n) is 5.95. The zero-order chi connectivity index (χ0) is 25.7. The van der Waals surface area contributed by atoms with Gasteiger partial charge < -0.3 is 16.2 Å². The van der Waals surface area contributed by atoms with Gasteiger partial charge in [0.15, 0.2) is 5.65 Å². The van der Waals surface area contributed by atoms with Crippen molar-refractivity contribution in [3.05, 3.63) is 67.3 Å². The number of hydrogen-bond acceptors (Lipinski definition) is 6. The molecule has 1 aliphatic carbocycles.